The van der Waals surface area contributed by atoms with Crippen molar-refractivity contribution in [1.82, 2.24) is 9.80 Å². The minimum Gasteiger partial charge on any atom is -0.496 e. The maximum Gasteiger partial charge on any atom is 0.471 e. The molecule has 2 amide bonds. The van der Waals surface area contributed by atoms with E-state index in [2.05, 4.69) is 101 Å². The van der Waals surface area contributed by atoms with Crippen molar-refractivity contribution in [3.63, 3.8) is 0 Å². The van der Waals surface area contributed by atoms with Crippen LogP contribution in [0.15, 0.2) is 58.8 Å². The number of ether oxygens (including phenoxy) is 3. The number of amides is 2. The number of rotatable bonds is 10. The number of halogens is 10. The summed E-state index contributed by atoms with van der Waals surface area (Å²) in [5.41, 5.74) is 5.31. The lowest BCUT2D eigenvalue weighted by atomic mass is 9.87. The lowest BCUT2D eigenvalue weighted by Gasteiger charge is -2.38. The maximum atomic E-state index is 13.8. The van der Waals surface area contributed by atoms with Gasteiger partial charge in [-0.2, -0.15) is 26.3 Å². The highest BCUT2D eigenvalue weighted by Crippen LogP contribution is 2.43. The molecule has 2 aliphatic rings. The quantitative estimate of drug-likeness (QED) is 0.0962. The summed E-state index contributed by atoms with van der Waals surface area (Å²) in [5.74, 6) is -2.80. The number of alkyl halides is 6. The highest BCUT2D eigenvalue weighted by molar-refractivity contribution is 14.1. The fraction of sp³-hybridized carbons (Fsp3) is 0.350. The Morgan fingerprint density at radius 2 is 1.00 bits per heavy atom. The zero-order valence-corrected chi connectivity index (χ0v) is 40.4. The lowest BCUT2D eigenvalue weighted by Crippen LogP contribution is -2.47. The second-order valence-corrected chi connectivity index (χ2v) is 18.5. The molecule has 0 spiro atoms. The number of benzene rings is 4. The van der Waals surface area contributed by atoms with E-state index >= 15 is 0 Å². The van der Waals surface area contributed by atoms with Gasteiger partial charge in [-0.1, -0.05) is 0 Å². The average Bonchev–Trinajstić information content (AvgIpc) is 3.19. The summed E-state index contributed by atoms with van der Waals surface area (Å²) >= 11 is 8.32. The van der Waals surface area contributed by atoms with E-state index in [1.54, 1.807) is 48.5 Å². The first-order chi connectivity index (χ1) is 28.3. The summed E-state index contributed by atoms with van der Waals surface area (Å²) in [4.78, 5) is 27.1. The zero-order chi connectivity index (χ0) is 43.8. The van der Waals surface area contributed by atoms with Gasteiger partial charge < -0.3 is 29.1 Å². The molecule has 2 heterocycles. The molecule has 4 aromatic rings. The third-order valence-electron chi connectivity index (χ3n) is 10.3. The lowest BCUT2D eigenvalue weighted by molar-refractivity contribution is -0.188. The fourth-order valence-electron chi connectivity index (χ4n) is 7.59. The molecule has 0 radical (unpaired) electrons. The van der Waals surface area contributed by atoms with Gasteiger partial charge in [0.2, 0.25) is 0 Å². The topological polar surface area (TPSA) is 113 Å². The van der Waals surface area contributed by atoms with Crippen LogP contribution in [0.25, 0.3) is 0 Å². The molecule has 6 rings (SSSR count). The first kappa shape index (κ1) is 46.8. The monoisotopic (exact) mass is 1290 g/mol. The molecule has 0 aromatic heterocycles. The molecular weight excluding hydrogens is 1250 g/mol. The number of hydrogen-bond donors (Lipinski definition) is 1. The molecular formula is C40H34F6I4N4O6. The fourth-order valence-corrected chi connectivity index (χ4v) is 11.8. The van der Waals surface area contributed by atoms with Crippen molar-refractivity contribution >= 4 is 114 Å². The summed E-state index contributed by atoms with van der Waals surface area (Å²) in [5, 5.41) is 19.0. The molecule has 2 atom stereocenters. The minimum atomic E-state index is -5.08. The largest absolute Gasteiger partial charge is 0.496 e. The van der Waals surface area contributed by atoms with Gasteiger partial charge in [0.05, 0.1) is 40.0 Å². The predicted octanol–water partition coefficient (Wildman–Crippen LogP) is 10.5. The van der Waals surface area contributed by atoms with Crippen LogP contribution in [0.2, 0.25) is 0 Å². The Morgan fingerprint density at radius 3 is 1.37 bits per heavy atom. The first-order valence-corrected chi connectivity index (χ1v) is 22.3. The summed E-state index contributed by atoms with van der Waals surface area (Å²) < 4.78 is 102. The molecule has 320 valence electrons. The van der Waals surface area contributed by atoms with Gasteiger partial charge in [0.1, 0.15) is 17.1 Å². The van der Waals surface area contributed by atoms with Crippen molar-refractivity contribution in [3.8, 4) is 17.2 Å². The predicted molar refractivity (Wildman–Crippen MR) is 242 cm³/mol. The normalized spacial score (nSPS) is 16.8. The van der Waals surface area contributed by atoms with Crippen LogP contribution in [0.1, 0.15) is 51.0 Å². The Labute approximate surface area is 395 Å². The average molecular weight is 1290 g/mol. The number of fused-ring (bicyclic) bond motifs is 2. The molecule has 2 unspecified atom stereocenters. The van der Waals surface area contributed by atoms with Gasteiger partial charge in [0.25, 0.3) is 0 Å². The van der Waals surface area contributed by atoms with E-state index in [-0.39, 0.29) is 45.4 Å². The number of methoxy groups -OCH3 is 3. The van der Waals surface area contributed by atoms with Crippen molar-refractivity contribution in [2.75, 3.05) is 34.4 Å². The maximum absolute atomic E-state index is 13.8. The standard InChI is InChI=1S/C40H34F6I4N4O6/c1-58-32-16-24-21(14-23(32)18-55)4-6-53(37(56)39(41,42)43)30(24)12-19-8-26(47)35(27(48)9-19)51-52-36-28(49)10-20(11-29(36)50)13-31-25-17-34(60-3)33(59-2)15-22(25)5-7-54(31)38(57)40(44,45)46/h8-11,14-17,30-31,55H,4-7,12-13,18H2,1-3H3. The summed E-state index contributed by atoms with van der Waals surface area (Å²) in [6.45, 7) is -0.624. The molecule has 1 N–H and O–H groups in total. The number of carbonyl (C=O) groups excluding carboxylic acids is 2. The van der Waals surface area contributed by atoms with Gasteiger partial charge in [-0.3, -0.25) is 9.59 Å². The number of azo groups is 1. The zero-order valence-electron chi connectivity index (χ0n) is 31.8. The van der Waals surface area contributed by atoms with Crippen LogP contribution in [-0.4, -0.2) is 73.5 Å². The first-order valence-electron chi connectivity index (χ1n) is 18.0. The van der Waals surface area contributed by atoms with Crippen LogP contribution in [0, 0.1) is 14.3 Å². The minimum absolute atomic E-state index is 0.0505. The molecule has 20 heteroatoms. The van der Waals surface area contributed by atoms with Crippen molar-refractivity contribution in [2.24, 2.45) is 10.2 Å². The molecule has 0 bridgehead atoms. The highest BCUT2D eigenvalue weighted by atomic mass is 127. The Kier molecular flexibility index (Phi) is 14.8. The van der Waals surface area contributed by atoms with Gasteiger partial charge in [-0.05, 0) is 198 Å². The molecule has 10 nitrogen and oxygen atoms in total. The van der Waals surface area contributed by atoms with Gasteiger partial charge in [0, 0.05) is 32.9 Å². The van der Waals surface area contributed by atoms with Crippen LogP contribution in [-0.2, 0) is 41.9 Å². The molecule has 4 aromatic carbocycles. The van der Waals surface area contributed by atoms with Gasteiger partial charge in [0.15, 0.2) is 11.5 Å². The molecule has 60 heavy (non-hydrogen) atoms. The second kappa shape index (κ2) is 18.9. The molecule has 0 aliphatic carbocycles. The van der Waals surface area contributed by atoms with E-state index in [0.29, 0.717) is 70.7 Å². The van der Waals surface area contributed by atoms with E-state index in [9.17, 15) is 41.0 Å². The van der Waals surface area contributed by atoms with Gasteiger partial charge in [-0.15, -0.1) is 10.2 Å². The number of aliphatic hydroxyl groups excluding tert-OH is 1. The Hall–Kier alpha value is -2.72. The summed E-state index contributed by atoms with van der Waals surface area (Å²) in [7, 11) is 4.30. The Balaban J connectivity index is 1.29. The van der Waals surface area contributed by atoms with Crippen LogP contribution >= 0.6 is 90.4 Å². The molecule has 0 saturated heterocycles. The number of carbonyl (C=O) groups is 2. The van der Waals surface area contributed by atoms with Crippen LogP contribution in [0.4, 0.5) is 37.7 Å². The van der Waals surface area contributed by atoms with E-state index in [1.165, 1.54) is 21.3 Å². The van der Waals surface area contributed by atoms with Gasteiger partial charge >= 0.3 is 24.2 Å². The second-order valence-electron chi connectivity index (χ2n) is 13.9. The van der Waals surface area contributed by atoms with Crippen molar-refractivity contribution in [2.45, 2.75) is 56.7 Å². The van der Waals surface area contributed by atoms with Crippen molar-refractivity contribution in [3.05, 3.63) is 102 Å². The van der Waals surface area contributed by atoms with Crippen molar-refractivity contribution in [1.29, 1.82) is 0 Å². The molecule has 0 fully saturated rings. The Bertz CT molecular complexity index is 2160. The van der Waals surface area contributed by atoms with Crippen LogP contribution in [0.3, 0.4) is 0 Å². The summed E-state index contributed by atoms with van der Waals surface area (Å²) in [6, 6.07) is 11.9. The smallest absolute Gasteiger partial charge is 0.471 e. The van der Waals surface area contributed by atoms with Crippen molar-refractivity contribution < 1.29 is 55.2 Å². The van der Waals surface area contributed by atoms with Crippen LogP contribution < -0.4 is 14.2 Å². The molecule has 2 aliphatic heterocycles. The third kappa shape index (κ3) is 9.90. The number of nitrogens with zero attached hydrogens (tertiary/aromatic N) is 4. The molecule has 0 saturated carbocycles. The van der Waals surface area contributed by atoms with E-state index < -0.39 is 36.3 Å². The third-order valence-corrected chi connectivity index (χ3v) is 13.6. The number of hydrogen-bond acceptors (Lipinski definition) is 8. The van der Waals surface area contributed by atoms with Gasteiger partial charge in [-0.25, -0.2) is 0 Å². The summed E-state index contributed by atoms with van der Waals surface area (Å²) in [6.07, 6.45) is -9.66. The number of aliphatic hydroxyl groups is 1. The Morgan fingerprint density at radius 1 is 0.633 bits per heavy atom. The SMILES string of the molecule is COc1cc2c(cc1CO)CCN(C(=O)C(F)(F)F)C2Cc1cc(I)c(N=Nc2c(I)cc(CC3c4cc(OC)c(OC)cc4CCN3C(=O)C(F)(F)F)cc2I)c(I)c1. The van der Waals surface area contributed by atoms with E-state index in [4.69, 9.17) is 14.2 Å². The van der Waals surface area contributed by atoms with E-state index in [1.807, 2.05) is 0 Å². The van der Waals surface area contributed by atoms with E-state index in [0.717, 1.165) is 20.9 Å². The van der Waals surface area contributed by atoms with Crippen LogP contribution in [0.5, 0.6) is 17.2 Å². The highest BCUT2D eigenvalue weighted by Gasteiger charge is 2.47.